The van der Waals surface area contributed by atoms with Crippen molar-refractivity contribution < 1.29 is 0 Å². The van der Waals surface area contributed by atoms with Gasteiger partial charge in [-0.3, -0.25) is 0 Å². The number of aromatic nitrogens is 3. The van der Waals surface area contributed by atoms with Gasteiger partial charge in [0, 0.05) is 17.5 Å². The lowest BCUT2D eigenvalue weighted by Gasteiger charge is -2.23. The largest absolute Gasteiger partial charge is 0.303 e. The number of fused-ring (bicyclic) bond motifs is 1. The van der Waals surface area contributed by atoms with Gasteiger partial charge >= 0.3 is 0 Å². The van der Waals surface area contributed by atoms with E-state index in [1.54, 1.807) is 11.2 Å². The summed E-state index contributed by atoms with van der Waals surface area (Å²) in [4.78, 5) is 5.94. The van der Waals surface area contributed by atoms with Crippen molar-refractivity contribution in [2.75, 3.05) is 0 Å². The molecule has 0 spiro atoms. The normalized spacial score (nSPS) is 18.4. The Bertz CT molecular complexity index is 558. The molecule has 0 fully saturated rings. The van der Waals surface area contributed by atoms with Crippen LogP contribution in [-0.4, -0.2) is 14.8 Å². The molecule has 0 aliphatic heterocycles. The highest BCUT2D eigenvalue weighted by molar-refractivity contribution is 7.10. The molecule has 1 aliphatic rings. The molecule has 2 aromatic rings. The fourth-order valence-electron chi connectivity index (χ4n) is 2.84. The maximum Gasteiger partial charge on any atom is 0.140 e. The predicted molar refractivity (Wildman–Crippen MR) is 81.7 cm³/mol. The molecular weight excluding hydrogens is 268 g/mol. The molecule has 0 aromatic carbocycles. The lowest BCUT2D eigenvalue weighted by Crippen LogP contribution is -2.26. The summed E-state index contributed by atoms with van der Waals surface area (Å²) in [6.07, 6.45) is 5.41. The molecule has 1 aliphatic carbocycles. The van der Waals surface area contributed by atoms with Crippen LogP contribution in [0.5, 0.6) is 0 Å². The van der Waals surface area contributed by atoms with Crippen molar-refractivity contribution in [2.45, 2.75) is 52.2 Å². The molecule has 1 unspecified atom stereocenters. The van der Waals surface area contributed by atoms with E-state index in [4.69, 9.17) is 0 Å². The number of rotatable bonds is 5. The highest BCUT2D eigenvalue weighted by Crippen LogP contribution is 2.33. The number of hydrogen-bond acceptors (Lipinski definition) is 4. The zero-order chi connectivity index (χ0) is 13.9. The summed E-state index contributed by atoms with van der Waals surface area (Å²) in [5, 5.41) is 10.2. The molecule has 2 aromatic heterocycles. The minimum absolute atomic E-state index is 0.481. The first-order valence-electron chi connectivity index (χ1n) is 7.40. The summed E-state index contributed by atoms with van der Waals surface area (Å²) in [5.41, 5.74) is 1.50. The van der Waals surface area contributed by atoms with Crippen LogP contribution < -0.4 is 5.32 Å². The van der Waals surface area contributed by atoms with Crippen molar-refractivity contribution in [3.63, 3.8) is 0 Å². The molecule has 5 heteroatoms. The van der Waals surface area contributed by atoms with Gasteiger partial charge in [0.15, 0.2) is 0 Å². The molecule has 4 nitrogen and oxygen atoms in total. The Morgan fingerprint density at radius 3 is 3.25 bits per heavy atom. The van der Waals surface area contributed by atoms with Gasteiger partial charge in [0.2, 0.25) is 0 Å². The Hall–Kier alpha value is -1.20. The zero-order valence-electron chi connectivity index (χ0n) is 12.2. The molecule has 3 rings (SSSR count). The van der Waals surface area contributed by atoms with Gasteiger partial charge in [-0.25, -0.2) is 9.67 Å². The van der Waals surface area contributed by atoms with Gasteiger partial charge in [0.1, 0.15) is 12.2 Å². The molecule has 0 amide bonds. The first kappa shape index (κ1) is 13.8. The van der Waals surface area contributed by atoms with E-state index in [2.05, 4.69) is 40.7 Å². The smallest absolute Gasteiger partial charge is 0.140 e. The van der Waals surface area contributed by atoms with E-state index < -0.39 is 0 Å². The topological polar surface area (TPSA) is 42.7 Å². The number of thiophene rings is 1. The van der Waals surface area contributed by atoms with Crippen molar-refractivity contribution in [3.8, 4) is 0 Å². The highest BCUT2D eigenvalue weighted by Gasteiger charge is 2.21. The summed E-state index contributed by atoms with van der Waals surface area (Å²) >= 11 is 1.89. The maximum atomic E-state index is 4.39. The molecule has 0 bridgehead atoms. The second-order valence-electron chi connectivity index (χ2n) is 5.88. The quantitative estimate of drug-likeness (QED) is 0.920. The van der Waals surface area contributed by atoms with Crippen LogP contribution in [0.2, 0.25) is 0 Å². The Kier molecular flexibility index (Phi) is 4.17. The van der Waals surface area contributed by atoms with Crippen LogP contribution in [0.15, 0.2) is 17.8 Å². The fraction of sp³-hybridized carbons (Fsp3) is 0.600. The minimum Gasteiger partial charge on any atom is -0.303 e. The van der Waals surface area contributed by atoms with Crippen molar-refractivity contribution >= 4 is 11.3 Å². The third kappa shape index (κ3) is 2.94. The Morgan fingerprint density at radius 1 is 1.50 bits per heavy atom. The molecule has 0 radical (unpaired) electrons. The number of nitrogens with one attached hydrogen (secondary N) is 1. The second kappa shape index (κ2) is 6.06. The van der Waals surface area contributed by atoms with Gasteiger partial charge in [-0.15, -0.1) is 11.3 Å². The molecule has 2 heterocycles. The Morgan fingerprint density at radius 2 is 2.40 bits per heavy atom. The van der Waals surface area contributed by atoms with Crippen LogP contribution in [-0.2, 0) is 19.5 Å². The van der Waals surface area contributed by atoms with Crippen molar-refractivity contribution in [1.82, 2.24) is 20.1 Å². The van der Waals surface area contributed by atoms with Crippen molar-refractivity contribution in [1.29, 1.82) is 0 Å². The Labute approximate surface area is 124 Å². The summed E-state index contributed by atoms with van der Waals surface area (Å²) in [6.45, 7) is 6.15. The number of nitrogens with zero attached hydrogens (tertiary/aromatic N) is 3. The van der Waals surface area contributed by atoms with E-state index in [1.807, 2.05) is 16.0 Å². The van der Waals surface area contributed by atoms with Crippen LogP contribution >= 0.6 is 11.3 Å². The maximum absolute atomic E-state index is 4.39. The van der Waals surface area contributed by atoms with Crippen molar-refractivity contribution in [2.24, 2.45) is 5.92 Å². The number of hydrogen-bond donors (Lipinski definition) is 1. The van der Waals surface area contributed by atoms with E-state index in [0.29, 0.717) is 12.0 Å². The van der Waals surface area contributed by atoms with Crippen LogP contribution in [0, 0.1) is 5.92 Å². The molecular formula is C15H22N4S. The fourth-order valence-corrected chi connectivity index (χ4v) is 3.82. The molecule has 0 saturated carbocycles. The zero-order valence-corrected chi connectivity index (χ0v) is 13.0. The van der Waals surface area contributed by atoms with Crippen LogP contribution in [0.25, 0.3) is 0 Å². The highest BCUT2D eigenvalue weighted by atomic mass is 32.1. The van der Waals surface area contributed by atoms with Gasteiger partial charge in [-0.2, -0.15) is 5.10 Å². The molecule has 1 atom stereocenters. The lowest BCUT2D eigenvalue weighted by atomic mass is 9.94. The van der Waals surface area contributed by atoms with Gasteiger partial charge < -0.3 is 5.32 Å². The Balaban J connectivity index is 1.65. The van der Waals surface area contributed by atoms with Gasteiger partial charge in [0.05, 0.1) is 6.54 Å². The van der Waals surface area contributed by atoms with E-state index in [1.165, 1.54) is 24.8 Å². The molecule has 0 saturated heterocycles. The van der Waals surface area contributed by atoms with Crippen LogP contribution in [0.1, 0.15) is 49.0 Å². The van der Waals surface area contributed by atoms with E-state index in [-0.39, 0.29) is 0 Å². The van der Waals surface area contributed by atoms with E-state index >= 15 is 0 Å². The standard InChI is InChI=1S/C15H22N4S/c1-11(2)9-19-15(17-10-18-19)8-16-13-4-3-5-14-12(13)6-7-20-14/h6-7,10-11,13,16H,3-5,8-9H2,1-2H3. The van der Waals surface area contributed by atoms with Crippen LogP contribution in [0.3, 0.4) is 0 Å². The van der Waals surface area contributed by atoms with Crippen molar-refractivity contribution in [3.05, 3.63) is 34.0 Å². The van der Waals surface area contributed by atoms with Gasteiger partial charge in [0.25, 0.3) is 0 Å². The lowest BCUT2D eigenvalue weighted by molar-refractivity contribution is 0.424. The summed E-state index contributed by atoms with van der Waals surface area (Å²) in [7, 11) is 0. The monoisotopic (exact) mass is 290 g/mol. The minimum atomic E-state index is 0.481. The average Bonchev–Trinajstić information content (AvgIpc) is 3.04. The molecule has 1 N–H and O–H groups in total. The third-order valence-electron chi connectivity index (χ3n) is 3.79. The van der Waals surface area contributed by atoms with E-state index in [9.17, 15) is 0 Å². The molecule has 20 heavy (non-hydrogen) atoms. The summed E-state index contributed by atoms with van der Waals surface area (Å²) in [5.74, 6) is 1.63. The van der Waals surface area contributed by atoms with Crippen LogP contribution in [0.4, 0.5) is 0 Å². The summed E-state index contributed by atoms with van der Waals surface area (Å²) in [6, 6.07) is 2.75. The van der Waals surface area contributed by atoms with Gasteiger partial charge in [-0.05, 0) is 42.2 Å². The first-order chi connectivity index (χ1) is 9.74. The number of aryl methyl sites for hydroxylation is 1. The second-order valence-corrected chi connectivity index (χ2v) is 6.88. The average molecular weight is 290 g/mol. The SMILES string of the molecule is CC(C)Cn1ncnc1CNC1CCCc2sccc21. The summed E-state index contributed by atoms with van der Waals surface area (Å²) < 4.78 is 2.02. The third-order valence-corrected chi connectivity index (χ3v) is 4.79. The predicted octanol–water partition coefficient (Wildman–Crippen LogP) is 3.16. The first-order valence-corrected chi connectivity index (χ1v) is 8.28. The van der Waals surface area contributed by atoms with Gasteiger partial charge in [-0.1, -0.05) is 13.8 Å². The molecule has 108 valence electrons. The van der Waals surface area contributed by atoms with E-state index in [0.717, 1.165) is 18.9 Å².